The number of aryl methyl sites for hydroxylation is 1. The van der Waals surface area contributed by atoms with Gasteiger partial charge in [-0.25, -0.2) is 0 Å². The molecule has 1 aromatic heterocycles. The number of β-amino-alcohol motifs (C(OH)–C–C–N with tert-alkyl or cyclic N) is 1. The van der Waals surface area contributed by atoms with Gasteiger partial charge in [-0.3, -0.25) is 9.58 Å². The normalized spacial score (nSPS) is 27.3. The van der Waals surface area contributed by atoms with Crippen LogP contribution in [0.2, 0.25) is 0 Å². The lowest BCUT2D eigenvalue weighted by Gasteiger charge is -2.39. The molecular formula is C17H30N4O2. The minimum atomic E-state index is -0.809. The molecule has 2 fully saturated rings. The molecule has 2 N–H and O–H groups in total. The Morgan fingerprint density at radius 3 is 3.00 bits per heavy atom. The molecule has 23 heavy (non-hydrogen) atoms. The summed E-state index contributed by atoms with van der Waals surface area (Å²) in [6.07, 6.45) is 10.4. The van der Waals surface area contributed by atoms with Gasteiger partial charge in [0.1, 0.15) is 5.60 Å². The maximum atomic E-state index is 11.0. The lowest BCUT2D eigenvalue weighted by atomic mass is 9.92. The van der Waals surface area contributed by atoms with Crippen LogP contribution in [0.25, 0.3) is 0 Å². The van der Waals surface area contributed by atoms with Crippen molar-refractivity contribution in [3.05, 3.63) is 18.0 Å². The molecule has 0 spiro atoms. The molecule has 1 saturated heterocycles. The second kappa shape index (κ2) is 7.75. The molecule has 0 radical (unpaired) electrons. The zero-order valence-corrected chi connectivity index (χ0v) is 14.2. The van der Waals surface area contributed by atoms with Gasteiger partial charge in [0.25, 0.3) is 0 Å². The molecule has 1 aliphatic heterocycles. The summed E-state index contributed by atoms with van der Waals surface area (Å²) in [5.74, 6) is 0. The van der Waals surface area contributed by atoms with Crippen molar-refractivity contribution >= 4 is 0 Å². The van der Waals surface area contributed by atoms with Crippen LogP contribution >= 0.6 is 0 Å². The second-order valence-electron chi connectivity index (χ2n) is 7.17. The van der Waals surface area contributed by atoms with E-state index in [4.69, 9.17) is 4.74 Å². The van der Waals surface area contributed by atoms with Crippen molar-refractivity contribution in [3.63, 3.8) is 0 Å². The number of aliphatic hydroxyl groups is 1. The average molecular weight is 322 g/mol. The Morgan fingerprint density at radius 1 is 1.43 bits per heavy atom. The lowest BCUT2D eigenvalue weighted by molar-refractivity contribution is -0.0604. The number of hydrogen-bond acceptors (Lipinski definition) is 5. The molecule has 130 valence electrons. The first-order chi connectivity index (χ1) is 11.1. The third-order valence-electron chi connectivity index (χ3n) is 4.98. The van der Waals surface area contributed by atoms with Gasteiger partial charge in [-0.15, -0.1) is 0 Å². The molecule has 1 aromatic rings. The van der Waals surface area contributed by atoms with Crippen molar-refractivity contribution in [2.45, 2.75) is 50.3 Å². The smallest absolute Gasteiger partial charge is 0.113 e. The van der Waals surface area contributed by atoms with E-state index in [1.807, 2.05) is 17.9 Å². The van der Waals surface area contributed by atoms with Crippen LogP contribution in [0.15, 0.2) is 12.4 Å². The predicted molar refractivity (Wildman–Crippen MR) is 89.1 cm³/mol. The standard InChI is InChI=1S/C17H30N4O2/c1-20-10-15(9-19-20)11-21(16-5-3-2-4-6-16)13-17(22)12-18-7-8-23-14-17/h9-10,16,18,22H,2-8,11-14H2,1H3/t17-/m1/s1. The van der Waals surface area contributed by atoms with E-state index in [1.165, 1.54) is 37.7 Å². The number of rotatable bonds is 5. The van der Waals surface area contributed by atoms with E-state index in [1.54, 1.807) is 0 Å². The van der Waals surface area contributed by atoms with Gasteiger partial charge in [-0.05, 0) is 12.8 Å². The van der Waals surface area contributed by atoms with Gasteiger partial charge in [0.05, 0.1) is 19.4 Å². The van der Waals surface area contributed by atoms with E-state index in [-0.39, 0.29) is 0 Å². The minimum Gasteiger partial charge on any atom is -0.385 e. The molecule has 1 saturated carbocycles. The van der Waals surface area contributed by atoms with Crippen molar-refractivity contribution in [2.24, 2.45) is 7.05 Å². The fraction of sp³-hybridized carbons (Fsp3) is 0.824. The van der Waals surface area contributed by atoms with Crippen LogP contribution in [0.5, 0.6) is 0 Å². The summed E-state index contributed by atoms with van der Waals surface area (Å²) in [4.78, 5) is 2.45. The van der Waals surface area contributed by atoms with E-state index < -0.39 is 5.60 Å². The predicted octanol–water partition coefficient (Wildman–Crippen LogP) is 0.906. The Labute approximate surface area is 138 Å². The minimum absolute atomic E-state index is 0.413. The molecule has 6 heteroatoms. The van der Waals surface area contributed by atoms with Crippen molar-refractivity contribution in [3.8, 4) is 0 Å². The van der Waals surface area contributed by atoms with Gasteiger partial charge in [-0.2, -0.15) is 5.10 Å². The van der Waals surface area contributed by atoms with E-state index in [0.717, 1.165) is 13.1 Å². The summed E-state index contributed by atoms with van der Waals surface area (Å²) in [6, 6.07) is 0.552. The fourth-order valence-corrected chi connectivity index (χ4v) is 3.81. The Bertz CT molecular complexity index is 477. The molecule has 6 nitrogen and oxygen atoms in total. The highest BCUT2D eigenvalue weighted by Crippen LogP contribution is 2.26. The molecule has 1 atom stereocenters. The van der Waals surface area contributed by atoms with Crippen LogP contribution in [0.3, 0.4) is 0 Å². The van der Waals surface area contributed by atoms with Gasteiger partial charge in [0, 0.05) is 51.0 Å². The first kappa shape index (κ1) is 16.9. The van der Waals surface area contributed by atoms with Crippen molar-refractivity contribution < 1.29 is 9.84 Å². The van der Waals surface area contributed by atoms with Gasteiger partial charge < -0.3 is 15.2 Å². The Morgan fingerprint density at radius 2 is 2.26 bits per heavy atom. The zero-order valence-electron chi connectivity index (χ0n) is 14.2. The lowest BCUT2D eigenvalue weighted by Crippen LogP contribution is -2.53. The average Bonchev–Trinajstić information content (AvgIpc) is 2.83. The third kappa shape index (κ3) is 4.76. The largest absolute Gasteiger partial charge is 0.385 e. The highest BCUT2D eigenvalue weighted by atomic mass is 16.5. The third-order valence-corrected chi connectivity index (χ3v) is 4.98. The summed E-state index contributed by atoms with van der Waals surface area (Å²) in [6.45, 7) is 4.00. The molecule has 1 aliphatic carbocycles. The Balaban J connectivity index is 1.70. The van der Waals surface area contributed by atoms with Crippen molar-refractivity contribution in [1.82, 2.24) is 20.0 Å². The van der Waals surface area contributed by atoms with E-state index in [0.29, 0.717) is 32.3 Å². The SMILES string of the molecule is Cn1cc(CN(C[C@]2(O)CNCCOC2)C2CCCCC2)cn1. The zero-order chi connectivity index (χ0) is 16.1. The molecule has 0 bridgehead atoms. The molecule has 0 aromatic carbocycles. The maximum absolute atomic E-state index is 11.0. The maximum Gasteiger partial charge on any atom is 0.113 e. The fourth-order valence-electron chi connectivity index (χ4n) is 3.81. The summed E-state index contributed by atoms with van der Waals surface area (Å²) in [7, 11) is 1.95. The summed E-state index contributed by atoms with van der Waals surface area (Å²) < 4.78 is 7.44. The number of ether oxygens (including phenoxy) is 1. The van der Waals surface area contributed by atoms with Crippen LogP contribution in [-0.2, 0) is 18.3 Å². The first-order valence-electron chi connectivity index (χ1n) is 8.87. The van der Waals surface area contributed by atoms with Crippen LogP contribution in [-0.4, -0.2) is 64.3 Å². The van der Waals surface area contributed by atoms with Crippen LogP contribution in [0.1, 0.15) is 37.7 Å². The molecule has 0 unspecified atom stereocenters. The van der Waals surface area contributed by atoms with Crippen molar-refractivity contribution in [1.29, 1.82) is 0 Å². The molecule has 2 heterocycles. The quantitative estimate of drug-likeness (QED) is 0.843. The highest BCUT2D eigenvalue weighted by Gasteiger charge is 2.34. The Kier molecular flexibility index (Phi) is 5.69. The van der Waals surface area contributed by atoms with Crippen molar-refractivity contribution in [2.75, 3.05) is 32.8 Å². The number of nitrogens with one attached hydrogen (secondary N) is 1. The summed E-state index contributed by atoms with van der Waals surface area (Å²) in [5, 5.41) is 18.6. The molecular weight excluding hydrogens is 292 g/mol. The number of nitrogens with zero attached hydrogens (tertiary/aromatic N) is 3. The van der Waals surface area contributed by atoms with Gasteiger partial charge >= 0.3 is 0 Å². The number of hydrogen-bond donors (Lipinski definition) is 2. The Hall–Kier alpha value is -0.950. The van der Waals surface area contributed by atoms with Gasteiger partial charge in [0.2, 0.25) is 0 Å². The van der Waals surface area contributed by atoms with Crippen LogP contribution in [0, 0.1) is 0 Å². The van der Waals surface area contributed by atoms with Gasteiger partial charge in [-0.1, -0.05) is 19.3 Å². The summed E-state index contributed by atoms with van der Waals surface area (Å²) >= 11 is 0. The van der Waals surface area contributed by atoms with E-state index >= 15 is 0 Å². The highest BCUT2D eigenvalue weighted by molar-refractivity contribution is 5.04. The summed E-state index contributed by atoms with van der Waals surface area (Å²) in [5.41, 5.74) is 0.403. The molecule has 2 aliphatic rings. The monoisotopic (exact) mass is 322 g/mol. The van der Waals surface area contributed by atoms with Gasteiger partial charge in [0.15, 0.2) is 0 Å². The molecule has 3 rings (SSSR count). The van der Waals surface area contributed by atoms with Crippen LogP contribution < -0.4 is 5.32 Å². The topological polar surface area (TPSA) is 62.5 Å². The number of aromatic nitrogens is 2. The van der Waals surface area contributed by atoms with Crippen LogP contribution in [0.4, 0.5) is 0 Å². The van der Waals surface area contributed by atoms with E-state index in [2.05, 4.69) is 21.5 Å². The van der Waals surface area contributed by atoms with E-state index in [9.17, 15) is 5.11 Å². The molecule has 0 amide bonds. The first-order valence-corrected chi connectivity index (χ1v) is 8.87. The second-order valence-corrected chi connectivity index (χ2v) is 7.17.